The lowest BCUT2D eigenvalue weighted by Gasteiger charge is -2.21. The van der Waals surface area contributed by atoms with Crippen LogP contribution in [0.5, 0.6) is 17.2 Å². The SMILES string of the molecule is CCOc1ccc(NC(=O)CN(Cc2ccc(OC)c(OC)c2)C(C)=O)cc1. The van der Waals surface area contributed by atoms with Gasteiger partial charge in [-0.3, -0.25) is 9.59 Å². The van der Waals surface area contributed by atoms with Crippen molar-refractivity contribution < 1.29 is 23.8 Å². The summed E-state index contributed by atoms with van der Waals surface area (Å²) in [5.74, 6) is 1.44. The van der Waals surface area contributed by atoms with Gasteiger partial charge in [0.25, 0.3) is 0 Å². The van der Waals surface area contributed by atoms with E-state index in [0.717, 1.165) is 11.3 Å². The van der Waals surface area contributed by atoms with Gasteiger partial charge in [-0.15, -0.1) is 0 Å². The zero-order valence-corrected chi connectivity index (χ0v) is 16.7. The molecule has 150 valence electrons. The lowest BCUT2D eigenvalue weighted by molar-refractivity contribution is -0.133. The van der Waals surface area contributed by atoms with Crippen LogP contribution in [-0.4, -0.2) is 44.1 Å². The fourth-order valence-corrected chi connectivity index (χ4v) is 2.65. The molecule has 0 aliphatic rings. The first-order valence-electron chi connectivity index (χ1n) is 8.96. The highest BCUT2D eigenvalue weighted by Gasteiger charge is 2.16. The first-order valence-corrected chi connectivity index (χ1v) is 8.96. The number of nitrogens with zero attached hydrogens (tertiary/aromatic N) is 1. The maximum atomic E-state index is 12.4. The second kappa shape index (κ2) is 10.2. The van der Waals surface area contributed by atoms with Crippen molar-refractivity contribution in [3.63, 3.8) is 0 Å². The van der Waals surface area contributed by atoms with E-state index in [0.29, 0.717) is 23.8 Å². The average Bonchev–Trinajstić information content (AvgIpc) is 2.69. The molecule has 2 aromatic rings. The van der Waals surface area contributed by atoms with Crippen molar-refractivity contribution in [3.8, 4) is 17.2 Å². The van der Waals surface area contributed by atoms with E-state index in [-0.39, 0.29) is 24.9 Å². The Kier molecular flexibility index (Phi) is 7.68. The van der Waals surface area contributed by atoms with E-state index >= 15 is 0 Å². The van der Waals surface area contributed by atoms with Crippen molar-refractivity contribution in [1.29, 1.82) is 0 Å². The molecule has 7 heteroatoms. The molecule has 0 spiro atoms. The smallest absolute Gasteiger partial charge is 0.244 e. The van der Waals surface area contributed by atoms with Gasteiger partial charge < -0.3 is 24.4 Å². The Morgan fingerprint density at radius 1 is 1.00 bits per heavy atom. The second-order valence-electron chi connectivity index (χ2n) is 6.07. The highest BCUT2D eigenvalue weighted by atomic mass is 16.5. The number of hydrogen-bond acceptors (Lipinski definition) is 5. The highest BCUT2D eigenvalue weighted by molar-refractivity contribution is 5.94. The molecule has 0 aromatic heterocycles. The first-order chi connectivity index (χ1) is 13.5. The van der Waals surface area contributed by atoms with Crippen molar-refractivity contribution in [2.75, 3.05) is 32.7 Å². The monoisotopic (exact) mass is 386 g/mol. The minimum absolute atomic E-state index is 0.0586. The molecule has 28 heavy (non-hydrogen) atoms. The van der Waals surface area contributed by atoms with Gasteiger partial charge in [0.2, 0.25) is 11.8 Å². The first kappa shape index (κ1) is 21.1. The van der Waals surface area contributed by atoms with Crippen molar-refractivity contribution in [2.45, 2.75) is 20.4 Å². The number of carbonyl (C=O) groups excluding carboxylic acids is 2. The molecule has 1 N–H and O–H groups in total. The van der Waals surface area contributed by atoms with Crippen LogP contribution >= 0.6 is 0 Å². The lowest BCUT2D eigenvalue weighted by atomic mass is 10.2. The highest BCUT2D eigenvalue weighted by Crippen LogP contribution is 2.28. The summed E-state index contributed by atoms with van der Waals surface area (Å²) < 4.78 is 15.9. The zero-order valence-electron chi connectivity index (χ0n) is 16.7. The van der Waals surface area contributed by atoms with Gasteiger partial charge >= 0.3 is 0 Å². The van der Waals surface area contributed by atoms with E-state index in [2.05, 4.69) is 5.32 Å². The van der Waals surface area contributed by atoms with Crippen LogP contribution in [0.4, 0.5) is 5.69 Å². The van der Waals surface area contributed by atoms with Crippen LogP contribution in [0.3, 0.4) is 0 Å². The third-order valence-corrected chi connectivity index (χ3v) is 4.05. The van der Waals surface area contributed by atoms with Crippen molar-refractivity contribution >= 4 is 17.5 Å². The number of rotatable bonds is 9. The van der Waals surface area contributed by atoms with Crippen LogP contribution < -0.4 is 19.5 Å². The predicted octanol–water partition coefficient (Wildman–Crippen LogP) is 3.09. The van der Waals surface area contributed by atoms with Crippen LogP contribution in [0.15, 0.2) is 42.5 Å². The lowest BCUT2D eigenvalue weighted by Crippen LogP contribution is -2.36. The molecule has 0 fully saturated rings. The Hall–Kier alpha value is -3.22. The fourth-order valence-electron chi connectivity index (χ4n) is 2.65. The standard InChI is InChI=1S/C21H26N2O5/c1-5-28-18-9-7-17(8-10-18)22-21(25)14-23(15(2)24)13-16-6-11-19(26-3)20(12-16)27-4/h6-12H,5,13-14H2,1-4H3,(H,22,25). The van der Waals surface area contributed by atoms with E-state index in [1.165, 1.54) is 11.8 Å². The van der Waals surface area contributed by atoms with E-state index in [9.17, 15) is 9.59 Å². The molecule has 2 rings (SSSR count). The van der Waals surface area contributed by atoms with Crippen molar-refractivity contribution in [3.05, 3.63) is 48.0 Å². The Morgan fingerprint density at radius 3 is 2.25 bits per heavy atom. The summed E-state index contributed by atoms with van der Waals surface area (Å²) in [4.78, 5) is 25.8. The van der Waals surface area contributed by atoms with Gasteiger partial charge in [-0.05, 0) is 48.9 Å². The zero-order chi connectivity index (χ0) is 20.5. The molecule has 0 heterocycles. The number of ether oxygens (including phenoxy) is 3. The molecule has 0 bridgehead atoms. The predicted molar refractivity (Wildman–Crippen MR) is 107 cm³/mol. The Balaban J connectivity index is 2.02. The molecule has 0 unspecified atom stereocenters. The molecule has 0 aliphatic heterocycles. The van der Waals surface area contributed by atoms with Gasteiger partial charge in [-0.25, -0.2) is 0 Å². The van der Waals surface area contributed by atoms with E-state index in [4.69, 9.17) is 14.2 Å². The van der Waals surface area contributed by atoms with Crippen LogP contribution in [0, 0.1) is 0 Å². The molecule has 2 amide bonds. The third-order valence-electron chi connectivity index (χ3n) is 4.05. The number of anilines is 1. The second-order valence-corrected chi connectivity index (χ2v) is 6.07. The quantitative estimate of drug-likeness (QED) is 0.717. The Morgan fingerprint density at radius 2 is 1.68 bits per heavy atom. The van der Waals surface area contributed by atoms with Crippen LogP contribution in [0.25, 0.3) is 0 Å². The molecule has 2 aromatic carbocycles. The van der Waals surface area contributed by atoms with Gasteiger partial charge in [0.1, 0.15) is 12.3 Å². The van der Waals surface area contributed by atoms with Crippen LogP contribution in [-0.2, 0) is 16.1 Å². The summed E-state index contributed by atoms with van der Waals surface area (Å²) in [6, 6.07) is 12.5. The van der Waals surface area contributed by atoms with Crippen molar-refractivity contribution in [2.24, 2.45) is 0 Å². The summed E-state index contributed by atoms with van der Waals surface area (Å²) in [6.45, 7) is 4.15. The van der Waals surface area contributed by atoms with Crippen LogP contribution in [0.1, 0.15) is 19.4 Å². The molecule has 0 saturated carbocycles. The third kappa shape index (κ3) is 5.90. The topological polar surface area (TPSA) is 77.1 Å². The maximum Gasteiger partial charge on any atom is 0.244 e. The minimum atomic E-state index is -0.278. The Labute approximate surface area is 165 Å². The van der Waals surface area contributed by atoms with E-state index in [1.54, 1.807) is 50.6 Å². The van der Waals surface area contributed by atoms with E-state index < -0.39 is 0 Å². The summed E-state index contributed by atoms with van der Waals surface area (Å²) in [5, 5.41) is 2.79. The van der Waals surface area contributed by atoms with Crippen LogP contribution in [0.2, 0.25) is 0 Å². The number of amides is 2. The molecule has 0 aliphatic carbocycles. The number of nitrogens with one attached hydrogen (secondary N) is 1. The summed E-state index contributed by atoms with van der Waals surface area (Å²) in [6.07, 6.45) is 0. The maximum absolute atomic E-state index is 12.4. The molecule has 0 atom stereocenters. The van der Waals surface area contributed by atoms with Gasteiger partial charge in [0.05, 0.1) is 20.8 Å². The van der Waals surface area contributed by atoms with Gasteiger partial charge in [0.15, 0.2) is 11.5 Å². The summed E-state index contributed by atoms with van der Waals surface area (Å²) >= 11 is 0. The Bertz CT molecular complexity index is 805. The molecular formula is C21H26N2O5. The number of methoxy groups -OCH3 is 2. The minimum Gasteiger partial charge on any atom is -0.494 e. The fraction of sp³-hybridized carbons (Fsp3) is 0.333. The number of benzene rings is 2. The normalized spacial score (nSPS) is 10.1. The number of carbonyl (C=O) groups is 2. The molecule has 7 nitrogen and oxygen atoms in total. The van der Waals surface area contributed by atoms with Gasteiger partial charge in [-0.1, -0.05) is 6.07 Å². The molecular weight excluding hydrogens is 360 g/mol. The summed E-state index contributed by atoms with van der Waals surface area (Å²) in [7, 11) is 3.11. The van der Waals surface area contributed by atoms with E-state index in [1.807, 2.05) is 13.0 Å². The largest absolute Gasteiger partial charge is 0.494 e. The van der Waals surface area contributed by atoms with Gasteiger partial charge in [-0.2, -0.15) is 0 Å². The summed E-state index contributed by atoms with van der Waals surface area (Å²) in [5.41, 5.74) is 1.48. The van der Waals surface area contributed by atoms with Gasteiger partial charge in [0, 0.05) is 19.2 Å². The molecule has 0 radical (unpaired) electrons. The van der Waals surface area contributed by atoms with Crippen molar-refractivity contribution in [1.82, 2.24) is 4.90 Å². The average molecular weight is 386 g/mol. The number of hydrogen-bond donors (Lipinski definition) is 1. The molecule has 0 saturated heterocycles.